The zero-order valence-corrected chi connectivity index (χ0v) is 12.9. The molecule has 1 saturated heterocycles. The van der Waals surface area contributed by atoms with Crippen LogP contribution < -0.4 is 5.73 Å². The summed E-state index contributed by atoms with van der Waals surface area (Å²) in [5, 5.41) is 0. The van der Waals surface area contributed by atoms with Crippen molar-refractivity contribution in [1.82, 2.24) is 4.90 Å². The molecule has 0 amide bonds. The fourth-order valence-corrected chi connectivity index (χ4v) is 3.05. The van der Waals surface area contributed by atoms with Crippen LogP contribution in [0.25, 0.3) is 0 Å². The van der Waals surface area contributed by atoms with E-state index in [2.05, 4.69) is 20.8 Å². The Hall–Kier alpha value is -0.490. The number of ether oxygens (including phenoxy) is 1. The van der Waals surface area contributed by atoms with Gasteiger partial charge in [0.2, 0.25) is 0 Å². The van der Waals surface area contributed by atoms with E-state index < -0.39 is 0 Å². The lowest BCUT2D eigenvalue weighted by atomic mass is 10.0. The first-order valence-corrected chi connectivity index (χ1v) is 7.35. The smallest absolute Gasteiger partial charge is 0.129 e. The average Bonchev–Trinajstić information content (AvgIpc) is 2.31. The molecule has 1 aromatic rings. The van der Waals surface area contributed by atoms with E-state index >= 15 is 0 Å². The van der Waals surface area contributed by atoms with Crippen molar-refractivity contribution in [2.24, 2.45) is 5.73 Å². The van der Waals surface area contributed by atoms with Crippen LogP contribution in [0.1, 0.15) is 25.5 Å². The minimum absolute atomic E-state index is 0.0955. The predicted octanol–water partition coefficient (Wildman–Crippen LogP) is 2.70. The standard InChI is InChI=1S/C14H20BrFN2O/c1-9-7-18(8-10(2)19-9)14(6-17)12-4-3-11(15)5-13(12)16/h3-5,9-10,14H,6-8,17H2,1-2H3/t9-,10+,14?. The van der Waals surface area contributed by atoms with E-state index in [0.717, 1.165) is 17.6 Å². The highest BCUT2D eigenvalue weighted by Crippen LogP contribution is 2.27. The summed E-state index contributed by atoms with van der Waals surface area (Å²) in [6, 6.07) is 5.06. The molecule has 2 rings (SSSR count). The van der Waals surface area contributed by atoms with Gasteiger partial charge in [0.15, 0.2) is 0 Å². The molecule has 5 heteroatoms. The van der Waals surface area contributed by atoms with Crippen molar-refractivity contribution in [1.29, 1.82) is 0 Å². The quantitative estimate of drug-likeness (QED) is 0.926. The van der Waals surface area contributed by atoms with Gasteiger partial charge in [-0.3, -0.25) is 4.90 Å². The fourth-order valence-electron chi connectivity index (χ4n) is 2.72. The second-order valence-corrected chi connectivity index (χ2v) is 6.04. The summed E-state index contributed by atoms with van der Waals surface area (Å²) in [5.41, 5.74) is 6.53. The van der Waals surface area contributed by atoms with Crippen molar-refractivity contribution < 1.29 is 9.13 Å². The van der Waals surface area contributed by atoms with E-state index in [0.29, 0.717) is 12.1 Å². The Morgan fingerprint density at radius 3 is 2.58 bits per heavy atom. The molecule has 3 nitrogen and oxygen atoms in total. The Bertz CT molecular complexity index is 433. The second kappa shape index (κ2) is 6.31. The number of benzene rings is 1. The van der Waals surface area contributed by atoms with Crippen LogP contribution in [0.5, 0.6) is 0 Å². The lowest BCUT2D eigenvalue weighted by Gasteiger charge is -2.40. The highest BCUT2D eigenvalue weighted by molar-refractivity contribution is 9.10. The molecule has 1 aliphatic rings. The Morgan fingerprint density at radius 1 is 1.42 bits per heavy atom. The van der Waals surface area contributed by atoms with Crippen LogP contribution in [0.15, 0.2) is 22.7 Å². The maximum absolute atomic E-state index is 14.1. The van der Waals surface area contributed by atoms with Gasteiger partial charge in [-0.15, -0.1) is 0 Å². The van der Waals surface area contributed by atoms with Crippen molar-refractivity contribution >= 4 is 15.9 Å². The first-order chi connectivity index (χ1) is 9.01. The summed E-state index contributed by atoms with van der Waals surface area (Å²) in [6.07, 6.45) is 0.299. The Kier molecular flexibility index (Phi) is 4.95. The van der Waals surface area contributed by atoms with Gasteiger partial charge in [0.25, 0.3) is 0 Å². The van der Waals surface area contributed by atoms with E-state index in [1.807, 2.05) is 26.0 Å². The van der Waals surface area contributed by atoms with Crippen LogP contribution in [0.3, 0.4) is 0 Å². The Labute approximate surface area is 122 Å². The van der Waals surface area contributed by atoms with Gasteiger partial charge in [0.1, 0.15) is 5.82 Å². The monoisotopic (exact) mass is 330 g/mol. The van der Waals surface area contributed by atoms with Gasteiger partial charge in [-0.1, -0.05) is 22.0 Å². The van der Waals surface area contributed by atoms with Crippen molar-refractivity contribution in [2.45, 2.75) is 32.1 Å². The molecule has 0 aromatic heterocycles. The lowest BCUT2D eigenvalue weighted by Crippen LogP contribution is -2.48. The molecule has 1 unspecified atom stereocenters. The first-order valence-electron chi connectivity index (χ1n) is 6.55. The molecule has 0 saturated carbocycles. The van der Waals surface area contributed by atoms with Crippen LogP contribution in [-0.4, -0.2) is 36.7 Å². The number of rotatable bonds is 3. The average molecular weight is 331 g/mol. The molecule has 1 aromatic carbocycles. The number of hydrogen-bond donors (Lipinski definition) is 1. The number of hydrogen-bond acceptors (Lipinski definition) is 3. The van der Waals surface area contributed by atoms with Crippen LogP contribution >= 0.6 is 15.9 Å². The topological polar surface area (TPSA) is 38.5 Å². The second-order valence-electron chi connectivity index (χ2n) is 5.13. The molecular weight excluding hydrogens is 311 g/mol. The van der Waals surface area contributed by atoms with Gasteiger partial charge >= 0.3 is 0 Å². The minimum Gasteiger partial charge on any atom is -0.373 e. The molecule has 1 heterocycles. The first kappa shape index (κ1) is 14.9. The number of nitrogens with two attached hydrogens (primary N) is 1. The molecule has 1 aliphatic heterocycles. The van der Waals surface area contributed by atoms with Crippen LogP contribution in [0.2, 0.25) is 0 Å². The largest absolute Gasteiger partial charge is 0.373 e. The fraction of sp³-hybridized carbons (Fsp3) is 0.571. The molecule has 0 spiro atoms. The van der Waals surface area contributed by atoms with Gasteiger partial charge < -0.3 is 10.5 Å². The normalized spacial score (nSPS) is 26.4. The molecule has 3 atom stereocenters. The number of morpholine rings is 1. The summed E-state index contributed by atoms with van der Waals surface area (Å²) >= 11 is 3.28. The van der Waals surface area contributed by atoms with E-state index in [1.165, 1.54) is 6.07 Å². The van der Waals surface area contributed by atoms with E-state index in [1.54, 1.807) is 0 Å². The molecule has 19 heavy (non-hydrogen) atoms. The molecule has 0 aliphatic carbocycles. The van der Waals surface area contributed by atoms with Gasteiger partial charge in [-0.25, -0.2) is 4.39 Å². The van der Waals surface area contributed by atoms with Crippen molar-refractivity contribution in [3.63, 3.8) is 0 Å². The molecule has 106 valence electrons. The molecule has 2 N–H and O–H groups in total. The molecule has 1 fully saturated rings. The highest BCUT2D eigenvalue weighted by Gasteiger charge is 2.29. The SMILES string of the molecule is C[C@@H]1CN(C(CN)c2ccc(Br)cc2F)C[C@H](C)O1. The molecular formula is C14H20BrFN2O. The lowest BCUT2D eigenvalue weighted by molar-refractivity contribution is -0.0802. The van der Waals surface area contributed by atoms with Crippen molar-refractivity contribution in [3.8, 4) is 0 Å². The van der Waals surface area contributed by atoms with Crippen LogP contribution in [-0.2, 0) is 4.74 Å². The minimum atomic E-state index is -0.211. The summed E-state index contributed by atoms with van der Waals surface area (Å²) in [6.45, 7) is 6.03. The zero-order valence-electron chi connectivity index (χ0n) is 11.3. The Balaban J connectivity index is 2.23. The van der Waals surface area contributed by atoms with Crippen LogP contribution in [0.4, 0.5) is 4.39 Å². The number of halogens is 2. The summed E-state index contributed by atoms with van der Waals surface area (Å²) < 4.78 is 20.5. The van der Waals surface area contributed by atoms with Crippen molar-refractivity contribution in [2.75, 3.05) is 19.6 Å². The summed E-state index contributed by atoms with van der Waals surface area (Å²) in [7, 11) is 0. The maximum atomic E-state index is 14.1. The predicted molar refractivity (Wildman–Crippen MR) is 77.5 cm³/mol. The third kappa shape index (κ3) is 3.54. The van der Waals surface area contributed by atoms with Gasteiger partial charge in [0.05, 0.1) is 18.2 Å². The third-order valence-electron chi connectivity index (χ3n) is 3.43. The molecule has 0 bridgehead atoms. The van der Waals surface area contributed by atoms with Crippen molar-refractivity contribution in [3.05, 3.63) is 34.1 Å². The van der Waals surface area contributed by atoms with Gasteiger partial charge in [-0.2, -0.15) is 0 Å². The summed E-state index contributed by atoms with van der Waals surface area (Å²) in [4.78, 5) is 2.21. The Morgan fingerprint density at radius 2 is 2.05 bits per heavy atom. The van der Waals surface area contributed by atoms with Crippen LogP contribution in [0, 0.1) is 5.82 Å². The third-order valence-corrected chi connectivity index (χ3v) is 3.93. The van der Waals surface area contributed by atoms with E-state index in [4.69, 9.17) is 10.5 Å². The summed E-state index contributed by atoms with van der Waals surface area (Å²) in [5.74, 6) is -0.211. The maximum Gasteiger partial charge on any atom is 0.129 e. The highest BCUT2D eigenvalue weighted by atomic mass is 79.9. The zero-order chi connectivity index (χ0) is 14.0. The molecule has 0 radical (unpaired) electrons. The van der Waals surface area contributed by atoms with E-state index in [9.17, 15) is 4.39 Å². The van der Waals surface area contributed by atoms with Gasteiger partial charge in [-0.05, 0) is 26.0 Å². The number of nitrogens with zero attached hydrogens (tertiary/aromatic N) is 1. The van der Waals surface area contributed by atoms with Gasteiger partial charge in [0, 0.05) is 29.7 Å². The van der Waals surface area contributed by atoms with E-state index in [-0.39, 0.29) is 24.1 Å².